The molecule has 25 heteroatoms. The Morgan fingerprint density at radius 3 is 1.18 bits per heavy atom. The Bertz CT molecular complexity index is 7070. The number of aryl methyl sites for hydroxylation is 4. The maximum absolute atomic E-state index is 12.1. The number of ether oxygens (including phenoxy) is 6. The topological polar surface area (TPSA) is 286 Å². The van der Waals surface area contributed by atoms with Crippen LogP contribution in [0.25, 0.3) is 99.3 Å². The minimum atomic E-state index is -0.519. The summed E-state index contributed by atoms with van der Waals surface area (Å²) in [7, 11) is 6.53. The number of methoxy groups -OCH3 is 4. The van der Waals surface area contributed by atoms with Crippen LogP contribution in [0.4, 0.5) is 21.0 Å². The van der Waals surface area contributed by atoms with Crippen LogP contribution in [-0.2, 0) is 42.3 Å². The van der Waals surface area contributed by atoms with Crippen LogP contribution >= 0.6 is 34.8 Å². The smallest absolute Gasteiger partial charge is 0.411 e. The van der Waals surface area contributed by atoms with Gasteiger partial charge in [-0.2, -0.15) is 31.6 Å². The average Bonchev–Trinajstić information content (AvgIpc) is 1.62. The number of benzene rings is 11. The van der Waals surface area contributed by atoms with Crippen LogP contribution in [0.5, 0.6) is 23.0 Å². The molecule has 0 aliphatic heterocycles. The number of halogens is 3. The van der Waals surface area contributed by atoms with Crippen LogP contribution in [0.1, 0.15) is 73.6 Å². The maximum Gasteiger partial charge on any atom is 0.411 e. The van der Waals surface area contributed by atoms with Crippen molar-refractivity contribution < 1.29 is 38.0 Å². The zero-order chi connectivity index (χ0) is 89.5. The quantitative estimate of drug-likeness (QED) is 0.0857. The van der Waals surface area contributed by atoms with Crippen molar-refractivity contribution in [2.75, 3.05) is 45.7 Å². The van der Waals surface area contributed by atoms with Gasteiger partial charge < -0.3 is 55.8 Å². The molecule has 0 spiro atoms. The number of nitrogens with one attached hydrogen (secondary N) is 2. The van der Waals surface area contributed by atoms with Gasteiger partial charge in [-0.1, -0.05) is 120 Å². The fourth-order valence-corrected chi connectivity index (χ4v) is 15.2. The third kappa shape index (κ3) is 20.2. The van der Waals surface area contributed by atoms with Crippen LogP contribution < -0.4 is 29.6 Å². The molecular formula is C101H85Cl3N14O8. The van der Waals surface area contributed by atoms with Gasteiger partial charge >= 0.3 is 12.2 Å². The maximum atomic E-state index is 12.1. The molecule has 0 atom stereocenters. The van der Waals surface area contributed by atoms with Gasteiger partial charge in [-0.15, -0.1) is 0 Å². The number of hydrogen-bond acceptors (Lipinski definition) is 14. The summed E-state index contributed by atoms with van der Waals surface area (Å²) in [5.41, 5.74) is 17.5. The number of rotatable bonds is 17. The lowest BCUT2D eigenvalue weighted by Gasteiger charge is -2.11. The van der Waals surface area contributed by atoms with Crippen molar-refractivity contribution in [1.82, 2.24) is 27.4 Å². The van der Waals surface area contributed by atoms with E-state index in [0.717, 1.165) is 141 Å². The fourth-order valence-electron chi connectivity index (χ4n) is 14.7. The second-order valence-electron chi connectivity index (χ2n) is 27.9. The average molecular weight is 1730 g/mol. The number of anilines is 2. The van der Waals surface area contributed by atoms with Crippen molar-refractivity contribution >= 4 is 124 Å². The molecule has 11 aromatic carbocycles. The van der Waals surface area contributed by atoms with E-state index in [0.29, 0.717) is 79.5 Å². The second-order valence-corrected chi connectivity index (χ2v) is 29.2. The molecule has 0 aliphatic rings. The Morgan fingerprint density at radius 2 is 0.730 bits per heavy atom. The van der Waals surface area contributed by atoms with Crippen LogP contribution in [0.2, 0.25) is 15.1 Å². The zero-order valence-corrected chi connectivity index (χ0v) is 72.7. The van der Waals surface area contributed by atoms with Gasteiger partial charge in [0.2, 0.25) is 0 Å². The number of para-hydroxylation sites is 1. The molecule has 6 heterocycles. The summed E-state index contributed by atoms with van der Waals surface area (Å²) in [6.07, 6.45) is 6.41. The zero-order valence-electron chi connectivity index (χ0n) is 70.4. The van der Waals surface area contributed by atoms with Gasteiger partial charge in [0, 0.05) is 139 Å². The van der Waals surface area contributed by atoms with Crippen molar-refractivity contribution in [2.45, 2.75) is 67.4 Å². The van der Waals surface area contributed by atoms with Crippen LogP contribution in [0, 0.1) is 68.0 Å². The van der Waals surface area contributed by atoms with Crippen molar-refractivity contribution in [2.24, 2.45) is 0 Å². The number of nitriles is 6. The summed E-state index contributed by atoms with van der Waals surface area (Å²) < 4.78 is 43.4. The third-order valence-electron chi connectivity index (χ3n) is 20.7. The van der Waals surface area contributed by atoms with E-state index in [2.05, 4.69) is 63.1 Å². The molecule has 0 unspecified atom stereocenters. The van der Waals surface area contributed by atoms with Crippen LogP contribution in [-0.4, -0.2) is 74.6 Å². The summed E-state index contributed by atoms with van der Waals surface area (Å²) in [6, 6.07) is 89.3. The SMILES string of the molecule is CCOC(=O)Nc1ccc(-c2c(C#N)c3ccc(OC)cc3n2CC)cc1.CCn1c(-c2ccc(NC(=O)OCc3ccccc3)cc2)c(C#N)c2ccc(OC)cc21.CCn1cc(C#N)c2cc(Cl)ccc21.CCn1cc(C#N)c2ccc(Cl)cc21.COc1ccc(-n2cc(C#N)c3ccc(Cl)cc32)cc1.COc1ccc(-n2cc(C#N)c3ccccc32)cc1. The van der Waals surface area contributed by atoms with Crippen molar-refractivity contribution in [1.29, 1.82) is 31.6 Å². The van der Waals surface area contributed by atoms with E-state index in [-0.39, 0.29) is 6.61 Å². The standard InChI is InChI=1S/C26H23N3O3.C21H21N3O3.C16H11ClN2O.C16H12N2O.2C11H9ClN2/c1-3-29-24-15-21(31-2)13-14-22(24)23(16-27)25(29)19-9-11-20(12-10-19)28-26(30)32-17-18-7-5-4-6-8-18;1-4-24-19-12-16(26-3)10-11-17(19)18(13-22)20(24)14-6-8-15(9-7-14)23-21(25)27-5-2;1-20-14-5-3-13(4-6-14)19-10-11(9-18)15-7-2-12(17)8-16(15)19;1-19-14-8-6-13(7-9-14)18-11-12(10-17)15-4-2-3-5-16(15)18;1-2-14-7-8(6-13)10-5-9(12)3-4-11(10)14;1-2-14-7-8(6-13)10-4-3-9(12)5-11(10)14/h4-15H,3,17H2,1-2H3,(H,28,30);6-12H,4-5H2,1-3H3,(H,23,25);2-8,10H,1H3;2-9,11H,1H3;2*3-5,7H,2H2,1H3. The number of carbonyl (C=O) groups is 2. The largest absolute Gasteiger partial charge is 0.497 e. The molecule has 628 valence electrons. The van der Waals surface area contributed by atoms with Crippen molar-refractivity contribution in [3.63, 3.8) is 0 Å². The second kappa shape index (κ2) is 42.1. The van der Waals surface area contributed by atoms with Crippen LogP contribution in [0.3, 0.4) is 0 Å². The summed E-state index contributed by atoms with van der Waals surface area (Å²) in [6.45, 7) is 13.6. The fraction of sp³-hybridized carbons (Fsp3) is 0.149. The van der Waals surface area contributed by atoms with E-state index in [1.807, 2.05) is 276 Å². The monoisotopic (exact) mass is 1730 g/mol. The van der Waals surface area contributed by atoms with Crippen LogP contribution in [0.15, 0.2) is 267 Å². The predicted molar refractivity (Wildman–Crippen MR) is 498 cm³/mol. The van der Waals surface area contributed by atoms with Gasteiger partial charge in [0.25, 0.3) is 0 Å². The van der Waals surface area contributed by atoms with E-state index in [9.17, 15) is 30.6 Å². The van der Waals surface area contributed by atoms with Crippen molar-refractivity contribution in [3.8, 4) is 93.3 Å². The first-order valence-corrected chi connectivity index (χ1v) is 41.2. The molecule has 2 N–H and O–H groups in total. The highest BCUT2D eigenvalue weighted by molar-refractivity contribution is 6.32. The lowest BCUT2D eigenvalue weighted by molar-refractivity contribution is 0.155. The number of fused-ring (bicyclic) bond motifs is 6. The van der Waals surface area contributed by atoms with Gasteiger partial charge in [0.05, 0.1) is 107 Å². The number of aromatic nitrogens is 6. The molecule has 17 aromatic rings. The Labute approximate surface area is 743 Å². The Balaban J connectivity index is 0.000000141. The summed E-state index contributed by atoms with van der Waals surface area (Å²) in [4.78, 5) is 23.7. The molecule has 0 aliphatic carbocycles. The number of amides is 2. The van der Waals surface area contributed by atoms with E-state index >= 15 is 0 Å². The molecule has 2 amide bonds. The van der Waals surface area contributed by atoms with E-state index in [1.54, 1.807) is 65.7 Å². The first kappa shape index (κ1) is 89.5. The molecule has 22 nitrogen and oxygen atoms in total. The molecule has 0 saturated heterocycles. The van der Waals surface area contributed by atoms with Crippen molar-refractivity contribution in [3.05, 3.63) is 321 Å². The summed E-state index contributed by atoms with van der Waals surface area (Å²) >= 11 is 17.8. The minimum Gasteiger partial charge on any atom is -0.497 e. The molecule has 17 rings (SSSR count). The first-order chi connectivity index (χ1) is 61.3. The Hall–Kier alpha value is -15.8. The molecule has 6 aromatic heterocycles. The number of carbonyl (C=O) groups excluding carboxylic acids is 2. The lowest BCUT2D eigenvalue weighted by Crippen LogP contribution is -2.13. The summed E-state index contributed by atoms with van der Waals surface area (Å²) in [5, 5.41) is 68.9. The Kier molecular flexibility index (Phi) is 29.9. The minimum absolute atomic E-state index is 0.205. The molecule has 0 bridgehead atoms. The molecule has 0 fully saturated rings. The lowest BCUT2D eigenvalue weighted by atomic mass is 10.1. The third-order valence-corrected chi connectivity index (χ3v) is 21.4. The number of hydrogen-bond donors (Lipinski definition) is 2. The number of nitrogens with zero attached hydrogens (tertiary/aromatic N) is 12. The van der Waals surface area contributed by atoms with Gasteiger partial charge in [-0.25, -0.2) is 9.59 Å². The molecule has 0 radical (unpaired) electrons. The van der Waals surface area contributed by atoms with E-state index in [1.165, 1.54) is 0 Å². The van der Waals surface area contributed by atoms with Gasteiger partial charge in [0.15, 0.2) is 0 Å². The summed E-state index contributed by atoms with van der Waals surface area (Å²) in [5.74, 6) is 3.11. The predicted octanol–water partition coefficient (Wildman–Crippen LogP) is 24.8. The molecule has 0 saturated carbocycles. The molecular weight excluding hydrogens is 1640 g/mol. The van der Waals surface area contributed by atoms with Gasteiger partial charge in [0.1, 0.15) is 66.0 Å². The molecule has 126 heavy (non-hydrogen) atoms. The Morgan fingerprint density at radius 1 is 0.341 bits per heavy atom. The van der Waals surface area contributed by atoms with E-state index in [4.69, 9.17) is 73.7 Å². The normalized spacial score (nSPS) is 10.4. The van der Waals surface area contributed by atoms with Gasteiger partial charge in [-0.05, 0) is 197 Å². The first-order valence-electron chi connectivity index (χ1n) is 40.0. The van der Waals surface area contributed by atoms with E-state index < -0.39 is 12.2 Å². The highest BCUT2D eigenvalue weighted by Gasteiger charge is 2.22. The van der Waals surface area contributed by atoms with Gasteiger partial charge in [-0.3, -0.25) is 10.6 Å². The highest BCUT2D eigenvalue weighted by atomic mass is 35.5. The highest BCUT2D eigenvalue weighted by Crippen LogP contribution is 2.39.